The molecule has 2 aliphatic heterocycles. The monoisotopic (exact) mass is 438 g/mol. The summed E-state index contributed by atoms with van der Waals surface area (Å²) in [6.07, 6.45) is 7.72. The predicted molar refractivity (Wildman–Crippen MR) is 125 cm³/mol. The normalized spacial score (nSPS) is 20.6. The van der Waals surface area contributed by atoms with E-state index in [0.29, 0.717) is 19.7 Å². The molecule has 4 rings (SSSR count). The number of amides is 1. The average molecular weight is 439 g/mol. The van der Waals surface area contributed by atoms with E-state index in [0.717, 1.165) is 75.8 Å². The minimum absolute atomic E-state index is 0.146. The van der Waals surface area contributed by atoms with Crippen LogP contribution in [0.15, 0.2) is 48.5 Å². The standard InChI is InChI=1S/C27H35FN2O2/c28-24-12-5-3-11-23(24)21-30-18-15-27(16-19-30)14-7-1-2-9-22-10-4-6-13-25(22)32-20-8-17-29-26(27)31/h3-6,10-13H,1-2,7-9,14-21H2,(H,29,31). The number of fused-ring (bicyclic) bond motifs is 1. The summed E-state index contributed by atoms with van der Waals surface area (Å²) in [4.78, 5) is 15.5. The Labute approximate surface area is 191 Å². The molecule has 1 spiro atoms. The number of nitrogens with one attached hydrogen (secondary N) is 1. The zero-order chi connectivity index (χ0) is 22.2. The predicted octanol–water partition coefficient (Wildman–Crippen LogP) is 5.11. The van der Waals surface area contributed by atoms with Crippen molar-refractivity contribution in [3.8, 4) is 5.75 Å². The molecule has 0 atom stereocenters. The molecule has 1 saturated heterocycles. The quantitative estimate of drug-likeness (QED) is 0.708. The Morgan fingerprint density at radius 2 is 1.72 bits per heavy atom. The fourth-order valence-electron chi connectivity index (χ4n) is 5.05. The fourth-order valence-corrected chi connectivity index (χ4v) is 5.05. The van der Waals surface area contributed by atoms with Gasteiger partial charge in [-0.25, -0.2) is 4.39 Å². The second-order valence-corrected chi connectivity index (χ2v) is 9.27. The molecule has 32 heavy (non-hydrogen) atoms. The maximum atomic E-state index is 14.1. The van der Waals surface area contributed by atoms with Crippen LogP contribution >= 0.6 is 0 Å². The third-order valence-corrected chi connectivity index (χ3v) is 7.08. The number of hydrogen-bond acceptors (Lipinski definition) is 3. The van der Waals surface area contributed by atoms with Crippen LogP contribution in [0.3, 0.4) is 0 Å². The highest BCUT2D eigenvalue weighted by Crippen LogP contribution is 2.38. The minimum atomic E-state index is -0.297. The number of nitrogens with zero attached hydrogens (tertiary/aromatic N) is 1. The van der Waals surface area contributed by atoms with Crippen LogP contribution in [-0.4, -0.2) is 37.0 Å². The molecule has 1 fully saturated rings. The van der Waals surface area contributed by atoms with Crippen molar-refractivity contribution >= 4 is 5.91 Å². The van der Waals surface area contributed by atoms with E-state index in [4.69, 9.17) is 4.74 Å². The number of rotatable bonds is 2. The van der Waals surface area contributed by atoms with Crippen LogP contribution in [0.25, 0.3) is 0 Å². The van der Waals surface area contributed by atoms with Gasteiger partial charge in [0.05, 0.1) is 12.0 Å². The molecular formula is C27H35FN2O2. The lowest BCUT2D eigenvalue weighted by Crippen LogP contribution is -2.49. The van der Waals surface area contributed by atoms with Crippen LogP contribution < -0.4 is 10.1 Å². The number of ether oxygens (including phenoxy) is 1. The summed E-state index contributed by atoms with van der Waals surface area (Å²) >= 11 is 0. The van der Waals surface area contributed by atoms with Gasteiger partial charge in [0.1, 0.15) is 11.6 Å². The van der Waals surface area contributed by atoms with Gasteiger partial charge in [-0.3, -0.25) is 9.69 Å². The minimum Gasteiger partial charge on any atom is -0.493 e. The lowest BCUT2D eigenvalue weighted by molar-refractivity contribution is -0.134. The Morgan fingerprint density at radius 1 is 0.938 bits per heavy atom. The molecule has 0 aromatic heterocycles. The van der Waals surface area contributed by atoms with Crippen LogP contribution in [-0.2, 0) is 17.8 Å². The molecule has 2 aromatic rings. The largest absolute Gasteiger partial charge is 0.493 e. The lowest BCUT2D eigenvalue weighted by atomic mass is 9.73. The zero-order valence-electron chi connectivity index (χ0n) is 19.0. The van der Waals surface area contributed by atoms with Crippen molar-refractivity contribution in [2.75, 3.05) is 26.2 Å². The van der Waals surface area contributed by atoms with Crippen molar-refractivity contribution in [3.05, 3.63) is 65.5 Å². The van der Waals surface area contributed by atoms with Gasteiger partial charge in [0.2, 0.25) is 5.91 Å². The second-order valence-electron chi connectivity index (χ2n) is 9.27. The highest BCUT2D eigenvalue weighted by molar-refractivity contribution is 5.82. The highest BCUT2D eigenvalue weighted by atomic mass is 19.1. The van der Waals surface area contributed by atoms with Gasteiger partial charge in [-0.2, -0.15) is 0 Å². The Kier molecular flexibility index (Phi) is 7.80. The van der Waals surface area contributed by atoms with Gasteiger partial charge in [0, 0.05) is 18.7 Å². The summed E-state index contributed by atoms with van der Waals surface area (Å²) in [5.41, 5.74) is 1.72. The van der Waals surface area contributed by atoms with Crippen LogP contribution in [0.2, 0.25) is 0 Å². The number of piperidine rings is 1. The average Bonchev–Trinajstić information content (AvgIpc) is 2.81. The summed E-state index contributed by atoms with van der Waals surface area (Å²) in [6.45, 7) is 3.53. The molecule has 5 heteroatoms. The lowest BCUT2D eigenvalue weighted by Gasteiger charge is -2.41. The van der Waals surface area contributed by atoms with Crippen LogP contribution in [0.1, 0.15) is 56.1 Å². The maximum Gasteiger partial charge on any atom is 0.226 e. The Bertz CT molecular complexity index is 893. The van der Waals surface area contributed by atoms with Gasteiger partial charge in [-0.15, -0.1) is 0 Å². The smallest absolute Gasteiger partial charge is 0.226 e. The SMILES string of the molecule is O=C1NCCCOc2ccccc2CCCCCC12CCN(Cc1ccccc1F)CC2. The van der Waals surface area contributed by atoms with Gasteiger partial charge in [0.15, 0.2) is 0 Å². The molecule has 0 unspecified atom stereocenters. The van der Waals surface area contributed by atoms with Crippen LogP contribution in [0.5, 0.6) is 5.75 Å². The van der Waals surface area contributed by atoms with Gasteiger partial charge < -0.3 is 10.1 Å². The molecule has 2 aromatic carbocycles. The molecule has 172 valence electrons. The number of halogens is 1. The summed E-state index contributed by atoms with van der Waals surface area (Å²) in [7, 11) is 0. The first-order valence-corrected chi connectivity index (χ1v) is 12.1. The molecule has 4 nitrogen and oxygen atoms in total. The first kappa shape index (κ1) is 22.8. The van der Waals surface area contributed by atoms with E-state index >= 15 is 0 Å². The van der Waals surface area contributed by atoms with Crippen molar-refractivity contribution < 1.29 is 13.9 Å². The fraction of sp³-hybridized carbons (Fsp3) is 0.519. The molecule has 0 aliphatic carbocycles. The molecular weight excluding hydrogens is 403 g/mol. The number of hydrogen-bond donors (Lipinski definition) is 1. The van der Waals surface area contributed by atoms with E-state index in [2.05, 4.69) is 22.3 Å². The second kappa shape index (κ2) is 11.0. The first-order chi connectivity index (χ1) is 15.7. The number of para-hydroxylation sites is 1. The third kappa shape index (κ3) is 5.69. The van der Waals surface area contributed by atoms with Crippen LogP contribution in [0.4, 0.5) is 4.39 Å². The van der Waals surface area contributed by atoms with Crippen molar-refractivity contribution in [1.82, 2.24) is 10.2 Å². The van der Waals surface area contributed by atoms with Crippen molar-refractivity contribution in [2.24, 2.45) is 5.41 Å². The van der Waals surface area contributed by atoms with Gasteiger partial charge in [-0.1, -0.05) is 49.2 Å². The number of carbonyl (C=O) groups is 1. The summed E-state index contributed by atoms with van der Waals surface area (Å²) in [6, 6.07) is 15.3. The highest BCUT2D eigenvalue weighted by Gasteiger charge is 2.40. The number of likely N-dealkylation sites (tertiary alicyclic amines) is 1. The molecule has 2 heterocycles. The van der Waals surface area contributed by atoms with E-state index in [9.17, 15) is 9.18 Å². The maximum absolute atomic E-state index is 14.1. The molecule has 2 aliphatic rings. The number of benzene rings is 2. The van der Waals surface area contributed by atoms with E-state index in [1.54, 1.807) is 6.07 Å². The summed E-state index contributed by atoms with van der Waals surface area (Å²) in [5.74, 6) is 1.03. The van der Waals surface area contributed by atoms with Crippen molar-refractivity contribution in [2.45, 2.75) is 57.9 Å². The molecule has 1 amide bonds. The van der Waals surface area contributed by atoms with Crippen LogP contribution in [0, 0.1) is 11.2 Å². The molecule has 0 radical (unpaired) electrons. The molecule has 0 saturated carbocycles. The Balaban J connectivity index is 1.37. The van der Waals surface area contributed by atoms with Crippen molar-refractivity contribution in [1.29, 1.82) is 0 Å². The number of aryl methyl sites for hydroxylation is 1. The number of carbonyl (C=O) groups excluding carboxylic acids is 1. The van der Waals surface area contributed by atoms with E-state index in [1.165, 1.54) is 11.6 Å². The first-order valence-electron chi connectivity index (χ1n) is 12.1. The summed E-state index contributed by atoms with van der Waals surface area (Å²) < 4.78 is 20.1. The van der Waals surface area contributed by atoms with Crippen molar-refractivity contribution in [3.63, 3.8) is 0 Å². The van der Waals surface area contributed by atoms with Gasteiger partial charge >= 0.3 is 0 Å². The Morgan fingerprint density at radius 3 is 2.56 bits per heavy atom. The van der Waals surface area contributed by atoms with Gasteiger partial charge in [0.25, 0.3) is 0 Å². The summed E-state index contributed by atoms with van der Waals surface area (Å²) in [5, 5.41) is 3.20. The van der Waals surface area contributed by atoms with E-state index in [1.807, 2.05) is 24.3 Å². The Hall–Kier alpha value is -2.40. The third-order valence-electron chi connectivity index (χ3n) is 7.08. The van der Waals surface area contributed by atoms with E-state index < -0.39 is 0 Å². The zero-order valence-corrected chi connectivity index (χ0v) is 19.0. The van der Waals surface area contributed by atoms with E-state index in [-0.39, 0.29) is 17.1 Å². The topological polar surface area (TPSA) is 41.6 Å². The molecule has 1 N–H and O–H groups in total. The molecule has 0 bridgehead atoms. The van der Waals surface area contributed by atoms with Gasteiger partial charge in [-0.05, 0) is 69.3 Å².